The van der Waals surface area contributed by atoms with Crippen LogP contribution in [0.1, 0.15) is 20.3 Å². The number of aliphatic hydroxyl groups excluding tert-OH is 2. The van der Waals surface area contributed by atoms with Gasteiger partial charge in [-0.05, 0) is 13.8 Å². The molecule has 0 rings (SSSR count). The lowest BCUT2D eigenvalue weighted by Gasteiger charge is -2.12. The van der Waals surface area contributed by atoms with Gasteiger partial charge in [0.05, 0.1) is 0 Å². The number of hydrogen-bond donors (Lipinski definition) is 2. The summed E-state index contributed by atoms with van der Waals surface area (Å²) in [6, 6.07) is 0. The van der Waals surface area contributed by atoms with Gasteiger partial charge in [-0.15, -0.1) is 0 Å². The highest BCUT2D eigenvalue weighted by Crippen LogP contribution is 1.98. The molecule has 4 heteroatoms. The molecule has 2 atom stereocenters. The van der Waals surface area contributed by atoms with Gasteiger partial charge < -0.3 is 14.9 Å². The van der Waals surface area contributed by atoms with E-state index in [-0.39, 0.29) is 12.7 Å². The van der Waals surface area contributed by atoms with Gasteiger partial charge in [0, 0.05) is 13.0 Å². The number of ether oxygens (including phenoxy) is 1. The predicted molar refractivity (Wildman–Crippen MR) is 38.9 cm³/mol. The minimum Gasteiger partial charge on any atom is -0.461 e. The van der Waals surface area contributed by atoms with Crippen LogP contribution >= 0.6 is 0 Å². The second-order valence-electron chi connectivity index (χ2n) is 2.44. The van der Waals surface area contributed by atoms with Crippen LogP contribution in [0.4, 0.5) is 0 Å². The first-order chi connectivity index (χ1) is 5.07. The fraction of sp³-hybridized carbons (Fsp3) is 0.857. The maximum Gasteiger partial charge on any atom is 0.334 e. The molecule has 0 aromatic rings. The monoisotopic (exact) mass is 162 g/mol. The highest BCUT2D eigenvalue weighted by Gasteiger charge is 2.13. The van der Waals surface area contributed by atoms with Crippen molar-refractivity contribution >= 4 is 5.97 Å². The zero-order valence-corrected chi connectivity index (χ0v) is 6.78. The van der Waals surface area contributed by atoms with Crippen LogP contribution in [0.3, 0.4) is 0 Å². The number of carbonyl (C=O) groups excluding carboxylic acids is 1. The highest BCUT2D eigenvalue weighted by molar-refractivity contribution is 5.73. The molecular formula is C7H14O4. The minimum absolute atomic E-state index is 0.0196. The maximum atomic E-state index is 10.7. The summed E-state index contributed by atoms with van der Waals surface area (Å²) in [4.78, 5) is 10.7. The van der Waals surface area contributed by atoms with Gasteiger partial charge in [0.15, 0.2) is 0 Å². The van der Waals surface area contributed by atoms with Gasteiger partial charge >= 0.3 is 5.97 Å². The second kappa shape index (κ2) is 5.09. The van der Waals surface area contributed by atoms with Crippen LogP contribution in [-0.4, -0.2) is 35.0 Å². The van der Waals surface area contributed by atoms with Crippen LogP contribution in [-0.2, 0) is 9.53 Å². The van der Waals surface area contributed by atoms with Crippen LogP contribution in [0.15, 0.2) is 0 Å². The van der Waals surface area contributed by atoms with Gasteiger partial charge in [-0.2, -0.15) is 0 Å². The molecule has 0 aliphatic heterocycles. The average Bonchev–Trinajstić information content (AvgIpc) is 1.87. The lowest BCUT2D eigenvalue weighted by Crippen LogP contribution is -2.24. The van der Waals surface area contributed by atoms with Crippen LogP contribution in [0, 0.1) is 0 Å². The smallest absolute Gasteiger partial charge is 0.334 e. The maximum absolute atomic E-state index is 10.7. The Bertz CT molecular complexity index is 122. The Kier molecular flexibility index (Phi) is 4.81. The average molecular weight is 162 g/mol. The summed E-state index contributed by atoms with van der Waals surface area (Å²) in [6.07, 6.45) is -1.02. The molecule has 4 nitrogen and oxygen atoms in total. The van der Waals surface area contributed by atoms with Crippen molar-refractivity contribution in [2.45, 2.75) is 32.5 Å². The van der Waals surface area contributed by atoms with Gasteiger partial charge in [0.1, 0.15) is 12.2 Å². The second-order valence-corrected chi connectivity index (χ2v) is 2.44. The van der Waals surface area contributed by atoms with Gasteiger partial charge in [-0.1, -0.05) is 0 Å². The van der Waals surface area contributed by atoms with E-state index in [9.17, 15) is 4.79 Å². The Morgan fingerprint density at radius 1 is 1.55 bits per heavy atom. The quantitative estimate of drug-likeness (QED) is 0.556. The minimum atomic E-state index is -1.09. The van der Waals surface area contributed by atoms with Crippen molar-refractivity contribution in [2.75, 3.05) is 6.61 Å². The van der Waals surface area contributed by atoms with Gasteiger partial charge in [-0.3, -0.25) is 0 Å². The van der Waals surface area contributed by atoms with Gasteiger partial charge in [0.2, 0.25) is 0 Å². The summed E-state index contributed by atoms with van der Waals surface area (Å²) in [5.41, 5.74) is 0. The van der Waals surface area contributed by atoms with E-state index in [1.54, 1.807) is 6.92 Å². The van der Waals surface area contributed by atoms with Gasteiger partial charge in [0.25, 0.3) is 0 Å². The third kappa shape index (κ3) is 4.75. The molecule has 0 aromatic carbocycles. The molecule has 0 aliphatic carbocycles. The molecule has 0 heterocycles. The third-order valence-electron chi connectivity index (χ3n) is 1.19. The molecule has 11 heavy (non-hydrogen) atoms. The first-order valence-corrected chi connectivity index (χ1v) is 3.57. The largest absolute Gasteiger partial charge is 0.461 e. The van der Waals surface area contributed by atoms with E-state index in [1.165, 1.54) is 6.92 Å². The van der Waals surface area contributed by atoms with Crippen LogP contribution in [0.2, 0.25) is 0 Å². The fourth-order valence-corrected chi connectivity index (χ4v) is 0.537. The number of hydrogen-bond acceptors (Lipinski definition) is 4. The molecule has 0 amide bonds. The van der Waals surface area contributed by atoms with Crippen molar-refractivity contribution in [1.82, 2.24) is 0 Å². The van der Waals surface area contributed by atoms with E-state index in [1.807, 2.05) is 0 Å². The molecule has 0 bridgehead atoms. The van der Waals surface area contributed by atoms with E-state index >= 15 is 0 Å². The molecule has 0 aromatic heterocycles. The lowest BCUT2D eigenvalue weighted by atomic mass is 10.3. The van der Waals surface area contributed by atoms with E-state index in [0.29, 0.717) is 6.42 Å². The number of esters is 1. The third-order valence-corrected chi connectivity index (χ3v) is 1.19. The van der Waals surface area contributed by atoms with E-state index < -0.39 is 12.1 Å². The Labute approximate surface area is 65.8 Å². The molecular weight excluding hydrogens is 148 g/mol. The summed E-state index contributed by atoms with van der Waals surface area (Å²) in [5, 5.41) is 17.1. The molecule has 0 spiro atoms. The summed E-state index contributed by atoms with van der Waals surface area (Å²) in [5.74, 6) is -0.647. The molecule has 2 N–H and O–H groups in total. The molecule has 0 saturated carbocycles. The molecule has 0 aliphatic rings. The molecule has 66 valence electrons. The number of carbonyl (C=O) groups is 1. The van der Waals surface area contributed by atoms with Crippen molar-refractivity contribution in [3.05, 3.63) is 0 Å². The highest BCUT2D eigenvalue weighted by atomic mass is 16.6. The van der Waals surface area contributed by atoms with Crippen LogP contribution < -0.4 is 0 Å². The van der Waals surface area contributed by atoms with Crippen molar-refractivity contribution < 1.29 is 19.7 Å². The lowest BCUT2D eigenvalue weighted by molar-refractivity contribution is -0.157. The van der Waals surface area contributed by atoms with Crippen molar-refractivity contribution in [1.29, 1.82) is 0 Å². The predicted octanol–water partition coefficient (Wildman–Crippen LogP) is -0.319. The summed E-state index contributed by atoms with van der Waals surface area (Å²) < 4.78 is 4.70. The van der Waals surface area contributed by atoms with E-state index in [0.717, 1.165) is 0 Å². The zero-order chi connectivity index (χ0) is 8.85. The fourth-order valence-electron chi connectivity index (χ4n) is 0.537. The summed E-state index contributed by atoms with van der Waals surface area (Å²) >= 11 is 0. The molecule has 0 saturated heterocycles. The zero-order valence-electron chi connectivity index (χ0n) is 6.78. The summed E-state index contributed by atoms with van der Waals surface area (Å²) in [6.45, 7) is 2.98. The number of rotatable bonds is 4. The Balaban J connectivity index is 3.57. The Hall–Kier alpha value is -0.610. The summed E-state index contributed by atoms with van der Waals surface area (Å²) in [7, 11) is 0. The molecule has 0 radical (unpaired) electrons. The Morgan fingerprint density at radius 3 is 2.45 bits per heavy atom. The normalized spacial score (nSPS) is 15.6. The Morgan fingerprint density at radius 2 is 2.09 bits per heavy atom. The van der Waals surface area contributed by atoms with Crippen LogP contribution in [0.5, 0.6) is 0 Å². The van der Waals surface area contributed by atoms with Crippen molar-refractivity contribution in [2.24, 2.45) is 0 Å². The molecule has 0 unspecified atom stereocenters. The SMILES string of the molecule is C[C@H](CCO)OC(=O)[C@H](C)O. The van der Waals surface area contributed by atoms with Gasteiger partial charge in [-0.25, -0.2) is 4.79 Å². The van der Waals surface area contributed by atoms with E-state index in [4.69, 9.17) is 14.9 Å². The van der Waals surface area contributed by atoms with Crippen LogP contribution in [0.25, 0.3) is 0 Å². The molecule has 0 fully saturated rings. The topological polar surface area (TPSA) is 66.8 Å². The standard InChI is InChI=1S/C7H14O4/c1-5(3-4-8)11-7(10)6(2)9/h5-6,8-9H,3-4H2,1-2H3/t5-,6+/m1/s1. The van der Waals surface area contributed by atoms with Crippen molar-refractivity contribution in [3.8, 4) is 0 Å². The first kappa shape index (κ1) is 10.4. The first-order valence-electron chi connectivity index (χ1n) is 3.57. The number of aliphatic hydroxyl groups is 2. The van der Waals surface area contributed by atoms with Crippen molar-refractivity contribution in [3.63, 3.8) is 0 Å². The van der Waals surface area contributed by atoms with E-state index in [2.05, 4.69) is 0 Å².